The highest BCUT2D eigenvalue weighted by Gasteiger charge is 2.19. The topological polar surface area (TPSA) is 78.9 Å². The van der Waals surface area contributed by atoms with Crippen LogP contribution in [0.3, 0.4) is 0 Å². The molecule has 0 saturated carbocycles. The molecule has 0 aromatic rings. The van der Waals surface area contributed by atoms with Crippen LogP contribution in [-0.2, 0) is 28.6 Å². The lowest BCUT2D eigenvalue weighted by Crippen LogP contribution is -2.30. The highest BCUT2D eigenvalue weighted by molar-refractivity contribution is 5.71. The van der Waals surface area contributed by atoms with Crippen LogP contribution in [0.15, 0.2) is 158 Å². The summed E-state index contributed by atoms with van der Waals surface area (Å²) in [7, 11) is 0. The van der Waals surface area contributed by atoms with Crippen molar-refractivity contribution < 1.29 is 28.6 Å². The van der Waals surface area contributed by atoms with Crippen molar-refractivity contribution >= 4 is 17.9 Å². The largest absolute Gasteiger partial charge is 0.462 e. The first kappa shape index (κ1) is 64.0. The fourth-order valence-electron chi connectivity index (χ4n) is 6.66. The molecular formula is C63H96O6. The number of esters is 3. The molecular weight excluding hydrogens is 853 g/mol. The van der Waals surface area contributed by atoms with Crippen molar-refractivity contribution in [2.45, 2.75) is 207 Å². The molecule has 6 nitrogen and oxygen atoms in total. The molecule has 1 atom stereocenters. The van der Waals surface area contributed by atoms with E-state index in [2.05, 4.69) is 118 Å². The summed E-state index contributed by atoms with van der Waals surface area (Å²) in [6, 6.07) is 0. The Morgan fingerprint density at radius 2 is 0.652 bits per heavy atom. The first-order valence-corrected chi connectivity index (χ1v) is 27.1. The van der Waals surface area contributed by atoms with Crippen LogP contribution in [0.2, 0.25) is 0 Å². The van der Waals surface area contributed by atoms with Gasteiger partial charge in [0, 0.05) is 19.3 Å². The molecule has 0 rings (SSSR count). The Kier molecular flexibility index (Phi) is 51.6. The van der Waals surface area contributed by atoms with Gasteiger partial charge in [-0.15, -0.1) is 0 Å². The van der Waals surface area contributed by atoms with Gasteiger partial charge in [-0.2, -0.15) is 0 Å². The van der Waals surface area contributed by atoms with E-state index in [0.29, 0.717) is 19.3 Å². The van der Waals surface area contributed by atoms with Gasteiger partial charge in [0.1, 0.15) is 13.2 Å². The van der Waals surface area contributed by atoms with Crippen LogP contribution in [0.1, 0.15) is 201 Å². The summed E-state index contributed by atoms with van der Waals surface area (Å²) in [5.74, 6) is -1.05. The third kappa shape index (κ3) is 53.8. The molecule has 69 heavy (non-hydrogen) atoms. The van der Waals surface area contributed by atoms with Gasteiger partial charge in [0.15, 0.2) is 6.10 Å². The van der Waals surface area contributed by atoms with Gasteiger partial charge in [0.2, 0.25) is 0 Å². The summed E-state index contributed by atoms with van der Waals surface area (Å²) in [6.45, 7) is 6.24. The van der Waals surface area contributed by atoms with E-state index in [1.54, 1.807) is 0 Å². The summed E-state index contributed by atoms with van der Waals surface area (Å²) in [6.07, 6.45) is 80.8. The van der Waals surface area contributed by atoms with E-state index in [0.717, 1.165) is 96.3 Å². The molecule has 0 fully saturated rings. The van der Waals surface area contributed by atoms with Crippen LogP contribution in [-0.4, -0.2) is 37.2 Å². The first-order chi connectivity index (χ1) is 34.0. The molecule has 0 aromatic heterocycles. The number of hydrogen-bond donors (Lipinski definition) is 0. The minimum atomic E-state index is -0.838. The predicted octanol–water partition coefficient (Wildman–Crippen LogP) is 18.2. The lowest BCUT2D eigenvalue weighted by atomic mass is 10.1. The lowest BCUT2D eigenvalue weighted by molar-refractivity contribution is -0.167. The Balaban J connectivity index is 4.62. The Hall–Kier alpha value is -4.97. The third-order valence-electron chi connectivity index (χ3n) is 10.7. The number of rotatable bonds is 46. The van der Waals surface area contributed by atoms with Crippen molar-refractivity contribution in [2.75, 3.05) is 13.2 Å². The maximum atomic E-state index is 12.8. The van der Waals surface area contributed by atoms with Gasteiger partial charge in [-0.25, -0.2) is 0 Å². The summed E-state index contributed by atoms with van der Waals surface area (Å²) < 4.78 is 16.7. The van der Waals surface area contributed by atoms with Crippen molar-refractivity contribution in [3.63, 3.8) is 0 Å². The summed E-state index contributed by atoms with van der Waals surface area (Å²) in [5, 5.41) is 0. The zero-order valence-electron chi connectivity index (χ0n) is 43.8. The Morgan fingerprint density at radius 1 is 0.319 bits per heavy atom. The zero-order valence-corrected chi connectivity index (χ0v) is 43.8. The smallest absolute Gasteiger partial charge is 0.306 e. The Bertz CT molecular complexity index is 1610. The van der Waals surface area contributed by atoms with Gasteiger partial charge < -0.3 is 14.2 Å². The van der Waals surface area contributed by atoms with E-state index < -0.39 is 6.10 Å². The maximum absolute atomic E-state index is 12.8. The van der Waals surface area contributed by atoms with E-state index in [4.69, 9.17) is 14.2 Å². The number of unbranched alkanes of at least 4 members (excludes halogenated alkanes) is 14. The number of allylic oxidation sites excluding steroid dienone is 26. The van der Waals surface area contributed by atoms with Crippen LogP contribution in [0.5, 0.6) is 0 Å². The highest BCUT2D eigenvalue weighted by Crippen LogP contribution is 2.12. The van der Waals surface area contributed by atoms with Crippen molar-refractivity contribution in [1.82, 2.24) is 0 Å². The summed E-state index contributed by atoms with van der Waals surface area (Å²) >= 11 is 0. The Labute approximate surface area is 422 Å². The minimum Gasteiger partial charge on any atom is -0.462 e. The summed E-state index contributed by atoms with van der Waals surface area (Å²) in [5.41, 5.74) is 0. The van der Waals surface area contributed by atoms with Crippen LogP contribution in [0, 0.1) is 0 Å². The van der Waals surface area contributed by atoms with Crippen molar-refractivity contribution in [3.8, 4) is 0 Å². The second kappa shape index (κ2) is 55.6. The number of hydrogen-bond acceptors (Lipinski definition) is 6. The molecule has 0 amide bonds. The van der Waals surface area contributed by atoms with Crippen LogP contribution in [0.4, 0.5) is 0 Å². The van der Waals surface area contributed by atoms with Gasteiger partial charge in [0.25, 0.3) is 0 Å². The number of ether oxygens (including phenoxy) is 3. The van der Waals surface area contributed by atoms with Gasteiger partial charge in [-0.05, 0) is 109 Å². The molecule has 384 valence electrons. The van der Waals surface area contributed by atoms with Crippen LogP contribution < -0.4 is 0 Å². The second-order valence-electron chi connectivity index (χ2n) is 17.2. The average molecular weight is 949 g/mol. The van der Waals surface area contributed by atoms with Crippen molar-refractivity contribution in [2.24, 2.45) is 0 Å². The van der Waals surface area contributed by atoms with E-state index in [-0.39, 0.29) is 44.0 Å². The monoisotopic (exact) mass is 949 g/mol. The minimum absolute atomic E-state index is 0.127. The third-order valence-corrected chi connectivity index (χ3v) is 10.7. The first-order valence-electron chi connectivity index (χ1n) is 27.1. The highest BCUT2D eigenvalue weighted by atomic mass is 16.6. The normalized spacial score (nSPS) is 13.4. The fourth-order valence-corrected chi connectivity index (χ4v) is 6.66. The number of carbonyl (C=O) groups excluding carboxylic acids is 3. The second-order valence-corrected chi connectivity index (χ2v) is 17.2. The quantitative estimate of drug-likeness (QED) is 0.0199. The van der Waals surface area contributed by atoms with E-state index in [1.165, 1.54) is 51.4 Å². The molecule has 0 radical (unpaired) electrons. The molecule has 0 bridgehead atoms. The molecule has 6 heteroatoms. The van der Waals surface area contributed by atoms with Gasteiger partial charge in [-0.1, -0.05) is 230 Å². The summed E-state index contributed by atoms with van der Waals surface area (Å²) in [4.78, 5) is 38.1. The molecule has 0 aliphatic heterocycles. The maximum Gasteiger partial charge on any atom is 0.306 e. The average Bonchev–Trinajstić information content (AvgIpc) is 3.35. The van der Waals surface area contributed by atoms with E-state index in [1.807, 2.05) is 60.8 Å². The molecule has 0 aliphatic carbocycles. The zero-order chi connectivity index (χ0) is 50.0. The molecule has 0 spiro atoms. The van der Waals surface area contributed by atoms with Crippen LogP contribution in [0.25, 0.3) is 0 Å². The predicted molar refractivity (Wildman–Crippen MR) is 297 cm³/mol. The fraction of sp³-hybridized carbons (Fsp3) is 0.540. The molecule has 0 heterocycles. The molecule has 1 unspecified atom stereocenters. The lowest BCUT2D eigenvalue weighted by Gasteiger charge is -2.18. The standard InChI is InChI=1S/C63H96O6/c1-4-7-10-13-16-19-22-25-28-31-34-37-40-43-46-49-52-55-61(64)67-58-60(69-63(66)57-54-51-48-45-42-39-36-33-30-27-24-21-18-15-12-9-6-3)59-68-62(65)56-53-50-47-44-41-38-35-32-29-26-23-20-17-14-11-8-5-2/h7,9-10,12-13,16-22,25-31,34,36-37,39-40,45,48,60H,4-6,8,11,14-15,23-24,32-33,35,38,41-44,46-47,49-59H2,1-3H3/b10-7-,12-9-,16-13-,20-17-,21-18-,22-19-,28-25-,29-26-,30-27-,34-31+,39-36-,40-37-,48-45-. The van der Waals surface area contributed by atoms with Crippen LogP contribution >= 0.6 is 0 Å². The molecule has 0 N–H and O–H groups in total. The van der Waals surface area contributed by atoms with Crippen molar-refractivity contribution in [3.05, 3.63) is 158 Å². The van der Waals surface area contributed by atoms with E-state index in [9.17, 15) is 14.4 Å². The molecule has 0 aliphatic rings. The SMILES string of the molecule is CC\C=C/C=C\C=C/C=C\C=C\C=C/CCCCCC(=O)OCC(COC(=O)CCCCCCCCC/C=C\C/C=C\CCCCC)OC(=O)CCC/C=C\C/C=C\C/C=C\C/C=C\C/C=C\CC. The molecule has 0 aromatic carbocycles. The Morgan fingerprint density at radius 3 is 1.12 bits per heavy atom. The van der Waals surface area contributed by atoms with Gasteiger partial charge >= 0.3 is 17.9 Å². The molecule has 0 saturated heterocycles. The van der Waals surface area contributed by atoms with E-state index >= 15 is 0 Å². The van der Waals surface area contributed by atoms with Crippen molar-refractivity contribution in [1.29, 1.82) is 0 Å². The number of carbonyl (C=O) groups is 3. The van der Waals surface area contributed by atoms with Gasteiger partial charge in [-0.3, -0.25) is 14.4 Å². The van der Waals surface area contributed by atoms with Gasteiger partial charge in [0.05, 0.1) is 0 Å².